The van der Waals surface area contributed by atoms with Crippen molar-refractivity contribution in [1.82, 2.24) is 9.97 Å². The minimum Gasteiger partial charge on any atom is -0.468 e. The van der Waals surface area contributed by atoms with Crippen LogP contribution in [0.2, 0.25) is 5.15 Å². The van der Waals surface area contributed by atoms with Crippen LogP contribution in [0.3, 0.4) is 0 Å². The third-order valence-corrected chi connectivity index (χ3v) is 3.65. The average Bonchev–Trinajstić information content (AvgIpc) is 3.10. The highest BCUT2D eigenvalue weighted by Gasteiger charge is 2.27. The van der Waals surface area contributed by atoms with Gasteiger partial charge in [0.25, 0.3) is 0 Å². The first kappa shape index (κ1) is 12.6. The van der Waals surface area contributed by atoms with Gasteiger partial charge in [0.1, 0.15) is 21.3 Å². The Hall–Kier alpha value is -0.810. The number of carbonyl (C=O) groups is 1. The van der Waals surface area contributed by atoms with Gasteiger partial charge in [0.15, 0.2) is 0 Å². The number of esters is 1. The molecular formula is C11H13ClN2O2S. The van der Waals surface area contributed by atoms with Crippen LogP contribution in [0.25, 0.3) is 0 Å². The van der Waals surface area contributed by atoms with Gasteiger partial charge in [0, 0.05) is 12.0 Å². The fraction of sp³-hybridized carbons (Fsp3) is 0.545. The Morgan fingerprint density at radius 1 is 1.59 bits per heavy atom. The first-order valence-corrected chi connectivity index (χ1v) is 6.65. The lowest BCUT2D eigenvalue weighted by molar-refractivity contribution is -0.139. The highest BCUT2D eigenvalue weighted by Crippen LogP contribution is 2.39. The Balaban J connectivity index is 2.12. The molecule has 1 heterocycles. The zero-order valence-electron chi connectivity index (χ0n) is 9.64. The van der Waals surface area contributed by atoms with Crippen LogP contribution < -0.4 is 0 Å². The van der Waals surface area contributed by atoms with E-state index in [0.717, 1.165) is 23.7 Å². The van der Waals surface area contributed by atoms with Crippen molar-refractivity contribution in [2.45, 2.75) is 36.0 Å². The summed E-state index contributed by atoms with van der Waals surface area (Å²) in [7, 11) is 1.38. The van der Waals surface area contributed by atoms with E-state index in [1.165, 1.54) is 18.9 Å². The molecule has 0 aliphatic heterocycles. The van der Waals surface area contributed by atoms with Crippen LogP contribution in [0.1, 0.15) is 31.5 Å². The summed E-state index contributed by atoms with van der Waals surface area (Å²) in [4.78, 5) is 19.9. The van der Waals surface area contributed by atoms with Gasteiger partial charge in [-0.1, -0.05) is 23.4 Å². The quantitative estimate of drug-likeness (QED) is 0.479. The van der Waals surface area contributed by atoms with Gasteiger partial charge in [-0.05, 0) is 19.8 Å². The van der Waals surface area contributed by atoms with Crippen molar-refractivity contribution in [3.05, 3.63) is 17.0 Å². The maximum Gasteiger partial charge on any atom is 0.318 e. The van der Waals surface area contributed by atoms with Crippen LogP contribution in [0.5, 0.6) is 0 Å². The molecule has 6 heteroatoms. The van der Waals surface area contributed by atoms with E-state index in [4.69, 9.17) is 11.6 Å². The number of hydrogen-bond donors (Lipinski definition) is 0. The summed E-state index contributed by atoms with van der Waals surface area (Å²) in [6.07, 6.45) is 2.24. The normalized spacial score (nSPS) is 16.6. The maximum atomic E-state index is 11.3. The number of hydrogen-bond acceptors (Lipinski definition) is 5. The number of rotatable bonds is 4. The molecule has 1 aromatic rings. The van der Waals surface area contributed by atoms with Gasteiger partial charge in [-0.25, -0.2) is 9.97 Å². The molecule has 1 aliphatic rings. The molecule has 0 aromatic carbocycles. The Kier molecular flexibility index (Phi) is 3.89. The Bertz CT molecular complexity index is 437. The van der Waals surface area contributed by atoms with Crippen molar-refractivity contribution in [1.29, 1.82) is 0 Å². The summed E-state index contributed by atoms with van der Waals surface area (Å²) in [5.74, 6) is 0.969. The Morgan fingerprint density at radius 2 is 2.29 bits per heavy atom. The molecule has 0 radical (unpaired) electrons. The molecule has 1 fully saturated rings. The second kappa shape index (κ2) is 5.23. The van der Waals surface area contributed by atoms with Crippen LogP contribution in [0.4, 0.5) is 0 Å². The summed E-state index contributed by atoms with van der Waals surface area (Å²) in [6, 6.07) is 1.68. The Morgan fingerprint density at radius 3 is 2.88 bits per heavy atom. The minimum absolute atomic E-state index is 0.266. The molecule has 0 bridgehead atoms. The van der Waals surface area contributed by atoms with Gasteiger partial charge in [0.05, 0.1) is 7.11 Å². The summed E-state index contributed by atoms with van der Waals surface area (Å²) >= 11 is 7.28. The summed E-state index contributed by atoms with van der Waals surface area (Å²) in [5, 5.41) is 0.865. The number of methoxy groups -OCH3 is 1. The molecule has 1 aromatic heterocycles. The predicted molar refractivity (Wildman–Crippen MR) is 66.4 cm³/mol. The van der Waals surface area contributed by atoms with Crippen molar-refractivity contribution in [2.75, 3.05) is 7.11 Å². The van der Waals surface area contributed by atoms with E-state index < -0.39 is 0 Å². The molecule has 92 valence electrons. The zero-order chi connectivity index (χ0) is 12.4. The molecule has 0 N–H and O–H groups in total. The highest BCUT2D eigenvalue weighted by atomic mass is 35.5. The van der Waals surface area contributed by atoms with E-state index in [2.05, 4.69) is 14.7 Å². The maximum absolute atomic E-state index is 11.3. The molecule has 0 amide bonds. The van der Waals surface area contributed by atoms with Crippen LogP contribution in [0, 0.1) is 0 Å². The first-order valence-electron chi connectivity index (χ1n) is 5.39. The van der Waals surface area contributed by atoms with Crippen molar-refractivity contribution >= 4 is 29.3 Å². The molecule has 0 saturated heterocycles. The third-order valence-electron chi connectivity index (χ3n) is 2.46. The van der Waals surface area contributed by atoms with Gasteiger partial charge in [-0.2, -0.15) is 0 Å². The summed E-state index contributed by atoms with van der Waals surface area (Å²) in [6.45, 7) is 1.78. The predicted octanol–water partition coefficient (Wildman–Crippen LogP) is 2.66. The van der Waals surface area contributed by atoms with Crippen molar-refractivity contribution in [3.63, 3.8) is 0 Å². The largest absolute Gasteiger partial charge is 0.468 e. The topological polar surface area (TPSA) is 52.1 Å². The molecular weight excluding hydrogens is 260 g/mol. The van der Waals surface area contributed by atoms with Gasteiger partial charge >= 0.3 is 5.97 Å². The number of ether oxygens (including phenoxy) is 1. The Labute approximate surface area is 109 Å². The fourth-order valence-corrected chi connectivity index (χ4v) is 2.53. The van der Waals surface area contributed by atoms with E-state index in [0.29, 0.717) is 11.1 Å². The van der Waals surface area contributed by atoms with E-state index in [9.17, 15) is 4.79 Å². The number of halogens is 1. The lowest BCUT2D eigenvalue weighted by atomic mass is 10.4. The minimum atomic E-state index is -0.294. The molecule has 4 nitrogen and oxygen atoms in total. The van der Waals surface area contributed by atoms with E-state index in [1.54, 1.807) is 13.0 Å². The zero-order valence-corrected chi connectivity index (χ0v) is 11.2. The average molecular weight is 273 g/mol. The molecule has 1 atom stereocenters. The van der Waals surface area contributed by atoms with Gasteiger partial charge in [0.2, 0.25) is 0 Å². The van der Waals surface area contributed by atoms with Crippen LogP contribution in [-0.4, -0.2) is 28.3 Å². The SMILES string of the molecule is COC(=O)C(C)Sc1cc(Cl)nc(C2CC2)n1. The molecule has 1 unspecified atom stereocenters. The number of nitrogens with zero attached hydrogens (tertiary/aromatic N) is 2. The molecule has 2 rings (SSSR count). The van der Waals surface area contributed by atoms with E-state index >= 15 is 0 Å². The van der Waals surface area contributed by atoms with Crippen molar-refractivity contribution < 1.29 is 9.53 Å². The molecule has 17 heavy (non-hydrogen) atoms. The first-order chi connectivity index (χ1) is 8.10. The lowest BCUT2D eigenvalue weighted by Crippen LogP contribution is -2.15. The van der Waals surface area contributed by atoms with Crippen molar-refractivity contribution in [3.8, 4) is 0 Å². The smallest absolute Gasteiger partial charge is 0.318 e. The fourth-order valence-electron chi connectivity index (χ4n) is 1.39. The highest BCUT2D eigenvalue weighted by molar-refractivity contribution is 8.00. The number of aromatic nitrogens is 2. The number of thioether (sulfide) groups is 1. The molecule has 1 aliphatic carbocycles. The van der Waals surface area contributed by atoms with Crippen LogP contribution >= 0.6 is 23.4 Å². The second-order valence-corrected chi connectivity index (χ2v) is 5.69. The van der Waals surface area contributed by atoms with Crippen molar-refractivity contribution in [2.24, 2.45) is 0 Å². The lowest BCUT2D eigenvalue weighted by Gasteiger charge is -2.09. The van der Waals surface area contributed by atoms with E-state index in [1.807, 2.05) is 0 Å². The van der Waals surface area contributed by atoms with Gasteiger partial charge in [-0.15, -0.1) is 0 Å². The van der Waals surface area contributed by atoms with Crippen LogP contribution in [0.15, 0.2) is 11.1 Å². The van der Waals surface area contributed by atoms with Gasteiger partial charge in [-0.3, -0.25) is 4.79 Å². The summed E-state index contributed by atoms with van der Waals surface area (Å²) in [5.41, 5.74) is 0. The molecule has 0 spiro atoms. The monoisotopic (exact) mass is 272 g/mol. The van der Waals surface area contributed by atoms with E-state index in [-0.39, 0.29) is 11.2 Å². The number of carbonyl (C=O) groups excluding carboxylic acids is 1. The van der Waals surface area contributed by atoms with Crippen LogP contribution in [-0.2, 0) is 9.53 Å². The third kappa shape index (κ3) is 3.33. The standard InChI is InChI=1S/C11H13ClN2O2S/c1-6(11(15)16-2)17-9-5-8(12)13-10(14-9)7-3-4-7/h5-7H,3-4H2,1-2H3. The molecule has 1 saturated carbocycles. The second-order valence-electron chi connectivity index (χ2n) is 3.94. The summed E-state index contributed by atoms with van der Waals surface area (Å²) < 4.78 is 4.67. The van der Waals surface area contributed by atoms with Gasteiger partial charge < -0.3 is 4.74 Å².